The maximum atomic E-state index is 5.82. The summed E-state index contributed by atoms with van der Waals surface area (Å²) in [6, 6.07) is 8.30. The molecule has 4 nitrogen and oxygen atoms in total. The van der Waals surface area contributed by atoms with Crippen LogP contribution in [-0.4, -0.2) is 9.97 Å². The molecule has 0 unspecified atom stereocenters. The fraction of sp³-hybridized carbons (Fsp3) is 0.333. The predicted molar refractivity (Wildman–Crippen MR) is 75.3 cm³/mol. The predicted octanol–water partition coefficient (Wildman–Crippen LogP) is 3.16. The Kier molecular flexibility index (Phi) is 4.12. The van der Waals surface area contributed by atoms with Gasteiger partial charge >= 0.3 is 6.01 Å². The van der Waals surface area contributed by atoms with E-state index < -0.39 is 0 Å². The SMILES string of the molecule is Cc1ccc(C(C)C)c(Oc2nccc(CN)n2)c1. The van der Waals surface area contributed by atoms with Crippen molar-refractivity contribution in [1.82, 2.24) is 9.97 Å². The Hall–Kier alpha value is -1.94. The molecule has 0 bridgehead atoms. The van der Waals surface area contributed by atoms with Crippen molar-refractivity contribution in [3.63, 3.8) is 0 Å². The van der Waals surface area contributed by atoms with Crippen molar-refractivity contribution in [2.75, 3.05) is 0 Å². The van der Waals surface area contributed by atoms with Crippen LogP contribution in [0.25, 0.3) is 0 Å². The average molecular weight is 257 g/mol. The summed E-state index contributed by atoms with van der Waals surface area (Å²) in [7, 11) is 0. The highest BCUT2D eigenvalue weighted by Gasteiger charge is 2.10. The van der Waals surface area contributed by atoms with Gasteiger partial charge in [0.1, 0.15) is 5.75 Å². The van der Waals surface area contributed by atoms with Crippen LogP contribution in [0.4, 0.5) is 0 Å². The number of rotatable bonds is 4. The van der Waals surface area contributed by atoms with E-state index in [1.807, 2.05) is 13.0 Å². The molecule has 1 aromatic heterocycles. The molecule has 2 aromatic rings. The maximum Gasteiger partial charge on any atom is 0.322 e. The Morgan fingerprint density at radius 3 is 2.74 bits per heavy atom. The maximum absolute atomic E-state index is 5.82. The van der Waals surface area contributed by atoms with Gasteiger partial charge in [-0.2, -0.15) is 4.98 Å². The minimum Gasteiger partial charge on any atom is -0.424 e. The zero-order valence-electron chi connectivity index (χ0n) is 11.6. The van der Waals surface area contributed by atoms with Gasteiger partial charge in [-0.1, -0.05) is 26.0 Å². The summed E-state index contributed by atoms with van der Waals surface area (Å²) in [5, 5.41) is 0. The van der Waals surface area contributed by atoms with Crippen LogP contribution in [-0.2, 0) is 6.54 Å². The zero-order valence-corrected chi connectivity index (χ0v) is 11.6. The number of nitrogens with zero attached hydrogens (tertiary/aromatic N) is 2. The lowest BCUT2D eigenvalue weighted by atomic mass is 10.0. The Balaban J connectivity index is 2.33. The van der Waals surface area contributed by atoms with Crippen LogP contribution in [0.15, 0.2) is 30.5 Å². The van der Waals surface area contributed by atoms with Crippen molar-refractivity contribution < 1.29 is 4.74 Å². The summed E-state index contributed by atoms with van der Waals surface area (Å²) in [6.07, 6.45) is 1.66. The minimum atomic E-state index is 0.343. The number of benzene rings is 1. The van der Waals surface area contributed by atoms with Crippen LogP contribution >= 0.6 is 0 Å². The molecular formula is C15H19N3O. The normalized spacial score (nSPS) is 10.8. The summed E-state index contributed by atoms with van der Waals surface area (Å²) >= 11 is 0. The molecule has 0 saturated heterocycles. The van der Waals surface area contributed by atoms with Gasteiger partial charge in [-0.15, -0.1) is 0 Å². The van der Waals surface area contributed by atoms with Crippen LogP contribution < -0.4 is 10.5 Å². The lowest BCUT2D eigenvalue weighted by Gasteiger charge is -2.13. The van der Waals surface area contributed by atoms with Crippen LogP contribution in [0.2, 0.25) is 0 Å². The first kappa shape index (κ1) is 13.5. The fourth-order valence-electron chi connectivity index (χ4n) is 1.84. The van der Waals surface area contributed by atoms with Crippen molar-refractivity contribution >= 4 is 0 Å². The monoisotopic (exact) mass is 257 g/mol. The number of ether oxygens (including phenoxy) is 1. The Morgan fingerprint density at radius 1 is 1.26 bits per heavy atom. The zero-order chi connectivity index (χ0) is 13.8. The molecule has 2 rings (SSSR count). The summed E-state index contributed by atoms with van der Waals surface area (Å²) in [5.74, 6) is 1.19. The molecule has 1 aromatic carbocycles. The molecular weight excluding hydrogens is 238 g/mol. The van der Waals surface area contributed by atoms with Crippen LogP contribution in [0.1, 0.15) is 36.6 Å². The second-order valence-corrected chi connectivity index (χ2v) is 4.83. The first-order valence-corrected chi connectivity index (χ1v) is 6.40. The van der Waals surface area contributed by atoms with Gasteiger partial charge in [-0.25, -0.2) is 4.98 Å². The lowest BCUT2D eigenvalue weighted by Crippen LogP contribution is -2.03. The van der Waals surface area contributed by atoms with Gasteiger partial charge in [0.05, 0.1) is 5.69 Å². The van der Waals surface area contributed by atoms with E-state index in [9.17, 15) is 0 Å². The minimum absolute atomic E-state index is 0.343. The largest absolute Gasteiger partial charge is 0.424 e. The van der Waals surface area contributed by atoms with Crippen molar-refractivity contribution in [2.45, 2.75) is 33.2 Å². The fourth-order valence-corrected chi connectivity index (χ4v) is 1.84. The van der Waals surface area contributed by atoms with Crippen molar-refractivity contribution in [3.8, 4) is 11.8 Å². The molecule has 2 N–H and O–H groups in total. The molecule has 0 spiro atoms. The molecule has 19 heavy (non-hydrogen) atoms. The molecule has 4 heteroatoms. The molecule has 0 saturated carbocycles. The van der Waals surface area contributed by atoms with Crippen molar-refractivity contribution in [2.24, 2.45) is 5.73 Å². The van der Waals surface area contributed by atoms with E-state index in [2.05, 4.69) is 35.9 Å². The van der Waals surface area contributed by atoms with Gasteiger partial charge in [0, 0.05) is 12.7 Å². The highest BCUT2D eigenvalue weighted by Crippen LogP contribution is 2.30. The second-order valence-electron chi connectivity index (χ2n) is 4.83. The molecule has 1 heterocycles. The van der Waals surface area contributed by atoms with Gasteiger partial charge in [0.2, 0.25) is 0 Å². The molecule has 0 aliphatic carbocycles. The Morgan fingerprint density at radius 2 is 2.05 bits per heavy atom. The molecule has 0 aliphatic heterocycles. The molecule has 0 amide bonds. The van der Waals surface area contributed by atoms with Crippen molar-refractivity contribution in [1.29, 1.82) is 0 Å². The Labute approximate surface area is 113 Å². The van der Waals surface area contributed by atoms with Gasteiger partial charge < -0.3 is 10.5 Å². The first-order chi connectivity index (χ1) is 9.10. The number of aryl methyl sites for hydroxylation is 1. The second kappa shape index (κ2) is 5.80. The van der Waals surface area contributed by atoms with E-state index >= 15 is 0 Å². The van der Waals surface area contributed by atoms with Crippen LogP contribution in [0, 0.1) is 6.92 Å². The topological polar surface area (TPSA) is 61.0 Å². The third-order valence-corrected chi connectivity index (χ3v) is 2.89. The summed E-state index contributed by atoms with van der Waals surface area (Å²) in [6.45, 7) is 6.68. The quantitative estimate of drug-likeness (QED) is 0.914. The van der Waals surface area contributed by atoms with Crippen molar-refractivity contribution in [3.05, 3.63) is 47.3 Å². The highest BCUT2D eigenvalue weighted by molar-refractivity contribution is 5.40. The molecule has 0 aliphatic rings. The molecule has 0 fully saturated rings. The van der Waals surface area contributed by atoms with Gasteiger partial charge in [-0.05, 0) is 36.1 Å². The van der Waals surface area contributed by atoms with E-state index in [1.54, 1.807) is 12.3 Å². The third kappa shape index (κ3) is 3.29. The molecule has 100 valence electrons. The molecule has 0 atom stereocenters. The summed E-state index contributed by atoms with van der Waals surface area (Å²) in [5.41, 5.74) is 8.63. The average Bonchev–Trinajstić information content (AvgIpc) is 2.38. The molecule has 0 radical (unpaired) electrons. The van der Waals surface area contributed by atoms with Gasteiger partial charge in [0.25, 0.3) is 0 Å². The van der Waals surface area contributed by atoms with Crippen LogP contribution in [0.5, 0.6) is 11.8 Å². The lowest BCUT2D eigenvalue weighted by molar-refractivity contribution is 0.431. The van der Waals surface area contributed by atoms with E-state index in [0.29, 0.717) is 18.5 Å². The van der Waals surface area contributed by atoms with E-state index in [4.69, 9.17) is 10.5 Å². The highest BCUT2D eigenvalue weighted by atomic mass is 16.5. The van der Waals surface area contributed by atoms with E-state index in [1.165, 1.54) is 0 Å². The first-order valence-electron chi connectivity index (χ1n) is 6.40. The van der Waals surface area contributed by atoms with Gasteiger partial charge in [-0.3, -0.25) is 0 Å². The Bertz CT molecular complexity index is 567. The number of hydrogen-bond donors (Lipinski definition) is 1. The number of hydrogen-bond acceptors (Lipinski definition) is 4. The van der Waals surface area contributed by atoms with E-state index in [0.717, 1.165) is 22.6 Å². The third-order valence-electron chi connectivity index (χ3n) is 2.89. The number of aromatic nitrogens is 2. The van der Waals surface area contributed by atoms with Crippen LogP contribution in [0.3, 0.4) is 0 Å². The summed E-state index contributed by atoms with van der Waals surface area (Å²) < 4.78 is 5.82. The smallest absolute Gasteiger partial charge is 0.322 e. The standard InChI is InChI=1S/C15H19N3O/c1-10(2)13-5-4-11(3)8-14(13)19-15-17-7-6-12(9-16)18-15/h4-8,10H,9,16H2,1-3H3. The van der Waals surface area contributed by atoms with E-state index in [-0.39, 0.29) is 0 Å². The van der Waals surface area contributed by atoms with Gasteiger partial charge in [0.15, 0.2) is 0 Å². The summed E-state index contributed by atoms with van der Waals surface area (Å²) in [4.78, 5) is 8.38. The number of nitrogens with two attached hydrogens (primary N) is 1.